The summed E-state index contributed by atoms with van der Waals surface area (Å²) in [4.78, 5) is 8.27. The molecule has 1 heterocycles. The molecule has 1 aromatic heterocycles. The van der Waals surface area contributed by atoms with Crippen molar-refractivity contribution in [1.29, 1.82) is 5.26 Å². The zero-order chi connectivity index (χ0) is 11.4. The molecule has 80 valence electrons. The van der Waals surface area contributed by atoms with Crippen LogP contribution in [0.25, 0.3) is 0 Å². The van der Waals surface area contributed by atoms with Gasteiger partial charge in [0.05, 0.1) is 14.2 Å². The highest BCUT2D eigenvalue weighted by molar-refractivity contribution is 5.45. The Hall–Kier alpha value is -1.83. The van der Waals surface area contributed by atoms with Crippen molar-refractivity contribution in [3.8, 4) is 17.8 Å². The van der Waals surface area contributed by atoms with Crippen LogP contribution in [0.2, 0.25) is 0 Å². The van der Waals surface area contributed by atoms with Gasteiger partial charge in [0.2, 0.25) is 11.8 Å². The molecule has 0 saturated heterocycles. The van der Waals surface area contributed by atoms with Gasteiger partial charge in [-0.2, -0.15) is 15.2 Å². The Kier molecular flexibility index (Phi) is 3.45. The summed E-state index contributed by atoms with van der Waals surface area (Å²) in [6.07, 6.45) is 0. The number of rotatable bonds is 3. The van der Waals surface area contributed by atoms with Crippen LogP contribution in [0.15, 0.2) is 0 Å². The Balaban J connectivity index is 3.37. The molecule has 5 heteroatoms. The summed E-state index contributed by atoms with van der Waals surface area (Å²) in [5.41, 5.74) is 0.226. The smallest absolute Gasteiger partial charge is 0.238 e. The number of hydrogen-bond donors (Lipinski definition) is 0. The topological polar surface area (TPSA) is 68.0 Å². The predicted octanol–water partition coefficient (Wildman–Crippen LogP) is 1.49. The number of ether oxygens (including phenoxy) is 2. The Morgan fingerprint density at radius 1 is 1.13 bits per heavy atom. The van der Waals surface area contributed by atoms with Gasteiger partial charge in [-0.1, -0.05) is 13.8 Å². The van der Waals surface area contributed by atoms with Gasteiger partial charge in [-0.3, -0.25) is 0 Å². The van der Waals surface area contributed by atoms with Crippen LogP contribution in [0.5, 0.6) is 11.8 Å². The fraction of sp³-hybridized carbons (Fsp3) is 0.500. The first-order valence-corrected chi connectivity index (χ1v) is 4.54. The average Bonchev–Trinajstić information content (AvgIpc) is 2.26. The van der Waals surface area contributed by atoms with Crippen LogP contribution in [0.1, 0.15) is 31.2 Å². The standard InChI is InChI=1S/C10H13N3O2/c1-6(2)8-12-9(14-3)7(5-11)10(13-8)15-4/h6H,1-4H3. The molecule has 1 rings (SSSR count). The molecule has 0 bridgehead atoms. The summed E-state index contributed by atoms with van der Waals surface area (Å²) in [6.45, 7) is 3.92. The fourth-order valence-corrected chi connectivity index (χ4v) is 1.09. The van der Waals surface area contributed by atoms with E-state index < -0.39 is 0 Å². The minimum atomic E-state index is 0.153. The fourth-order valence-electron chi connectivity index (χ4n) is 1.09. The number of aromatic nitrogens is 2. The van der Waals surface area contributed by atoms with Crippen LogP contribution in [-0.2, 0) is 0 Å². The molecule has 1 aromatic rings. The number of methoxy groups -OCH3 is 2. The summed E-state index contributed by atoms with van der Waals surface area (Å²) in [6, 6.07) is 1.96. The van der Waals surface area contributed by atoms with Crippen molar-refractivity contribution in [2.45, 2.75) is 19.8 Å². The molecule has 0 atom stereocenters. The minimum absolute atomic E-state index is 0.153. The Labute approximate surface area is 88.7 Å². The zero-order valence-electron chi connectivity index (χ0n) is 9.24. The lowest BCUT2D eigenvalue weighted by molar-refractivity contribution is 0.364. The van der Waals surface area contributed by atoms with Gasteiger partial charge in [0.25, 0.3) is 0 Å². The molecule has 0 radical (unpaired) electrons. The van der Waals surface area contributed by atoms with Gasteiger partial charge in [0.1, 0.15) is 11.9 Å². The molecule has 0 fully saturated rings. The van der Waals surface area contributed by atoms with Gasteiger partial charge in [-0.25, -0.2) is 0 Å². The maximum absolute atomic E-state index is 8.90. The van der Waals surface area contributed by atoms with E-state index >= 15 is 0 Å². The number of nitriles is 1. The zero-order valence-corrected chi connectivity index (χ0v) is 9.24. The molecule has 5 nitrogen and oxygen atoms in total. The normalized spacial score (nSPS) is 9.87. The lowest BCUT2D eigenvalue weighted by Crippen LogP contribution is -2.05. The highest BCUT2D eigenvalue weighted by Gasteiger charge is 2.16. The third kappa shape index (κ3) is 2.15. The van der Waals surface area contributed by atoms with Crippen molar-refractivity contribution < 1.29 is 9.47 Å². The van der Waals surface area contributed by atoms with Crippen LogP contribution in [0, 0.1) is 11.3 Å². The lowest BCUT2D eigenvalue weighted by atomic mass is 10.2. The second-order valence-corrected chi connectivity index (χ2v) is 3.24. The first-order valence-electron chi connectivity index (χ1n) is 4.54. The van der Waals surface area contributed by atoms with Crippen molar-refractivity contribution in [2.75, 3.05) is 14.2 Å². The highest BCUT2D eigenvalue weighted by Crippen LogP contribution is 2.25. The van der Waals surface area contributed by atoms with Gasteiger partial charge < -0.3 is 9.47 Å². The summed E-state index contributed by atoms with van der Waals surface area (Å²) in [5, 5.41) is 8.90. The molecule has 0 unspecified atom stereocenters. The van der Waals surface area contributed by atoms with Gasteiger partial charge in [0.15, 0.2) is 5.56 Å². The van der Waals surface area contributed by atoms with Gasteiger partial charge in [0, 0.05) is 5.92 Å². The van der Waals surface area contributed by atoms with Crippen molar-refractivity contribution in [3.05, 3.63) is 11.4 Å². The summed E-state index contributed by atoms with van der Waals surface area (Å²) in [7, 11) is 2.93. The highest BCUT2D eigenvalue weighted by atomic mass is 16.5. The molecule has 0 aliphatic carbocycles. The van der Waals surface area contributed by atoms with Crippen LogP contribution >= 0.6 is 0 Å². The molecule has 15 heavy (non-hydrogen) atoms. The third-order valence-corrected chi connectivity index (χ3v) is 1.87. The molecule has 0 saturated carbocycles. The van der Waals surface area contributed by atoms with E-state index in [2.05, 4.69) is 9.97 Å². The van der Waals surface area contributed by atoms with Gasteiger partial charge in [-0.15, -0.1) is 0 Å². The Morgan fingerprint density at radius 2 is 1.60 bits per heavy atom. The van der Waals surface area contributed by atoms with Gasteiger partial charge in [-0.05, 0) is 0 Å². The molecular weight excluding hydrogens is 194 g/mol. The lowest BCUT2D eigenvalue weighted by Gasteiger charge is -2.10. The summed E-state index contributed by atoms with van der Waals surface area (Å²) in [5.74, 6) is 1.27. The third-order valence-electron chi connectivity index (χ3n) is 1.87. The molecule has 0 aromatic carbocycles. The monoisotopic (exact) mass is 207 g/mol. The second-order valence-electron chi connectivity index (χ2n) is 3.24. The molecule has 0 aliphatic heterocycles. The quantitative estimate of drug-likeness (QED) is 0.751. The summed E-state index contributed by atoms with van der Waals surface area (Å²) < 4.78 is 10.0. The first kappa shape index (κ1) is 11.2. The minimum Gasteiger partial charge on any atom is -0.480 e. The number of hydrogen-bond acceptors (Lipinski definition) is 5. The first-order chi connectivity index (χ1) is 7.13. The van der Waals surface area contributed by atoms with Crippen LogP contribution in [-0.4, -0.2) is 24.2 Å². The second kappa shape index (κ2) is 4.60. The van der Waals surface area contributed by atoms with E-state index in [1.807, 2.05) is 19.9 Å². The van der Waals surface area contributed by atoms with Crippen molar-refractivity contribution in [1.82, 2.24) is 9.97 Å². The Bertz CT molecular complexity index is 371. The van der Waals surface area contributed by atoms with E-state index in [1.165, 1.54) is 14.2 Å². The van der Waals surface area contributed by atoms with Crippen LogP contribution < -0.4 is 9.47 Å². The molecule has 0 amide bonds. The largest absolute Gasteiger partial charge is 0.480 e. The van der Waals surface area contributed by atoms with E-state index in [9.17, 15) is 0 Å². The SMILES string of the molecule is COc1nc(C(C)C)nc(OC)c1C#N. The molecular formula is C10H13N3O2. The van der Waals surface area contributed by atoms with Crippen molar-refractivity contribution in [2.24, 2.45) is 0 Å². The van der Waals surface area contributed by atoms with E-state index in [-0.39, 0.29) is 23.2 Å². The Morgan fingerprint density at radius 3 is 1.87 bits per heavy atom. The van der Waals surface area contributed by atoms with E-state index in [1.54, 1.807) is 0 Å². The predicted molar refractivity (Wildman–Crippen MR) is 53.9 cm³/mol. The molecule has 0 spiro atoms. The van der Waals surface area contributed by atoms with Crippen LogP contribution in [0.3, 0.4) is 0 Å². The van der Waals surface area contributed by atoms with E-state index in [0.29, 0.717) is 5.82 Å². The summed E-state index contributed by atoms with van der Waals surface area (Å²) >= 11 is 0. The number of nitrogens with zero attached hydrogens (tertiary/aromatic N) is 3. The molecule has 0 aliphatic rings. The van der Waals surface area contributed by atoms with E-state index in [4.69, 9.17) is 14.7 Å². The maximum Gasteiger partial charge on any atom is 0.238 e. The van der Waals surface area contributed by atoms with Crippen LogP contribution in [0.4, 0.5) is 0 Å². The van der Waals surface area contributed by atoms with E-state index in [0.717, 1.165) is 0 Å². The van der Waals surface area contributed by atoms with Crippen molar-refractivity contribution in [3.63, 3.8) is 0 Å². The van der Waals surface area contributed by atoms with Gasteiger partial charge >= 0.3 is 0 Å². The average molecular weight is 207 g/mol. The van der Waals surface area contributed by atoms with Crippen molar-refractivity contribution >= 4 is 0 Å². The maximum atomic E-state index is 8.90. The molecule has 0 N–H and O–H groups in total.